The zero-order valence-electron chi connectivity index (χ0n) is 17.7. The van der Waals surface area contributed by atoms with Gasteiger partial charge in [0.2, 0.25) is 5.96 Å². The van der Waals surface area contributed by atoms with Crippen LogP contribution in [-0.2, 0) is 16.6 Å². The summed E-state index contributed by atoms with van der Waals surface area (Å²) < 4.78 is 76.0. The summed E-state index contributed by atoms with van der Waals surface area (Å²) in [6.45, 7) is 1.55. The lowest BCUT2D eigenvalue weighted by atomic mass is 9.90. The summed E-state index contributed by atoms with van der Waals surface area (Å²) in [6, 6.07) is 12.0. The zero-order chi connectivity index (χ0) is 23.8. The highest BCUT2D eigenvalue weighted by Crippen LogP contribution is 2.39. The van der Waals surface area contributed by atoms with Gasteiger partial charge in [-0.1, -0.05) is 25.1 Å². The van der Waals surface area contributed by atoms with Crippen molar-refractivity contribution in [2.45, 2.75) is 24.3 Å². The Morgan fingerprint density at radius 1 is 1.03 bits per heavy atom. The van der Waals surface area contributed by atoms with Gasteiger partial charge in [0.15, 0.2) is 0 Å². The highest BCUT2D eigenvalue weighted by atomic mass is 32.2. The van der Waals surface area contributed by atoms with Gasteiger partial charge >= 0.3 is 0 Å². The maximum Gasteiger partial charge on any atom is 0.266 e. The van der Waals surface area contributed by atoms with Crippen LogP contribution in [0.4, 0.5) is 18.9 Å². The number of ether oxygens (including phenoxy) is 1. The van der Waals surface area contributed by atoms with Gasteiger partial charge < -0.3 is 10.1 Å². The maximum absolute atomic E-state index is 15.0. The average Bonchev–Trinajstić information content (AvgIpc) is 2.76. The van der Waals surface area contributed by atoms with Gasteiger partial charge in [0.1, 0.15) is 28.1 Å². The maximum atomic E-state index is 15.0. The standard InChI is InChI=1S/C23H20F3N3O3S/c1-13(17-7-6-16(32-2)11-19(17)26)21-18(25)8-9-20-22(21)28-23(29-33(20,30)31)27-12-14-4-3-5-15(24)10-14/h3-11,13H,12H2,1-2H3,(H2,27,28,29). The van der Waals surface area contributed by atoms with E-state index in [1.54, 1.807) is 19.1 Å². The first-order chi connectivity index (χ1) is 15.7. The Balaban J connectivity index is 1.76. The van der Waals surface area contributed by atoms with Gasteiger partial charge in [0.25, 0.3) is 10.0 Å². The molecule has 1 aliphatic heterocycles. The van der Waals surface area contributed by atoms with E-state index in [4.69, 9.17) is 4.74 Å². The summed E-state index contributed by atoms with van der Waals surface area (Å²) in [7, 11) is -2.68. The molecule has 0 saturated heterocycles. The topological polar surface area (TPSA) is 79.8 Å². The molecule has 1 heterocycles. The molecule has 0 radical (unpaired) electrons. The minimum absolute atomic E-state index is 0.0226. The van der Waals surface area contributed by atoms with Crippen molar-refractivity contribution < 1.29 is 26.3 Å². The van der Waals surface area contributed by atoms with Gasteiger partial charge in [-0.2, -0.15) is 0 Å². The first kappa shape index (κ1) is 22.7. The van der Waals surface area contributed by atoms with Gasteiger partial charge in [-0.3, -0.25) is 0 Å². The number of methoxy groups -OCH3 is 1. The van der Waals surface area contributed by atoms with E-state index in [9.17, 15) is 21.6 Å². The highest BCUT2D eigenvalue weighted by Gasteiger charge is 2.32. The van der Waals surface area contributed by atoms with E-state index in [0.29, 0.717) is 11.3 Å². The monoisotopic (exact) mass is 475 g/mol. The molecule has 1 aliphatic rings. The molecule has 6 nitrogen and oxygen atoms in total. The number of fused-ring (bicyclic) bond motifs is 1. The van der Waals surface area contributed by atoms with Crippen molar-refractivity contribution in [3.63, 3.8) is 0 Å². The molecule has 172 valence electrons. The van der Waals surface area contributed by atoms with Crippen LogP contribution in [0.2, 0.25) is 0 Å². The minimum atomic E-state index is -4.08. The zero-order valence-corrected chi connectivity index (χ0v) is 18.5. The van der Waals surface area contributed by atoms with Crippen LogP contribution >= 0.6 is 0 Å². The van der Waals surface area contributed by atoms with Gasteiger partial charge in [0, 0.05) is 17.5 Å². The van der Waals surface area contributed by atoms with Crippen LogP contribution < -0.4 is 14.8 Å². The predicted molar refractivity (Wildman–Crippen MR) is 118 cm³/mol. The Bertz CT molecular complexity index is 1360. The quantitative estimate of drug-likeness (QED) is 0.569. The van der Waals surface area contributed by atoms with Crippen molar-refractivity contribution in [2.24, 2.45) is 4.99 Å². The fourth-order valence-electron chi connectivity index (χ4n) is 3.70. The number of guanidine groups is 1. The first-order valence-corrected chi connectivity index (χ1v) is 11.4. The first-order valence-electron chi connectivity index (χ1n) is 9.94. The molecule has 3 aromatic carbocycles. The van der Waals surface area contributed by atoms with E-state index in [1.165, 1.54) is 37.4 Å². The molecular formula is C23H20F3N3O3S. The molecule has 0 amide bonds. The third-order valence-electron chi connectivity index (χ3n) is 5.33. The molecule has 0 aliphatic carbocycles. The van der Waals surface area contributed by atoms with Crippen molar-refractivity contribution in [3.05, 3.63) is 88.7 Å². The Labute approximate surface area is 189 Å². The Hall–Kier alpha value is -3.53. The number of sulfonamides is 1. The Morgan fingerprint density at radius 2 is 1.82 bits per heavy atom. The second kappa shape index (κ2) is 8.78. The molecule has 10 heteroatoms. The van der Waals surface area contributed by atoms with E-state index >= 15 is 0 Å². The number of nitrogens with one attached hydrogen (secondary N) is 2. The van der Waals surface area contributed by atoms with Crippen molar-refractivity contribution in [1.29, 1.82) is 0 Å². The fourth-order valence-corrected chi connectivity index (χ4v) is 4.85. The number of hydrogen-bond donors (Lipinski definition) is 2. The normalized spacial score (nSPS) is 16.5. The molecule has 0 bridgehead atoms. The lowest BCUT2D eigenvalue weighted by Gasteiger charge is -2.27. The van der Waals surface area contributed by atoms with E-state index < -0.39 is 33.4 Å². The van der Waals surface area contributed by atoms with Crippen molar-refractivity contribution in [3.8, 4) is 5.75 Å². The molecule has 2 N–H and O–H groups in total. The molecule has 0 fully saturated rings. The van der Waals surface area contributed by atoms with Crippen LogP contribution in [0.15, 0.2) is 64.5 Å². The van der Waals surface area contributed by atoms with Crippen LogP contribution in [-0.4, -0.2) is 21.5 Å². The lowest BCUT2D eigenvalue weighted by Crippen LogP contribution is -2.41. The van der Waals surface area contributed by atoms with Crippen molar-refractivity contribution >= 4 is 21.7 Å². The number of aliphatic imine (C=N–C) groups is 1. The molecule has 1 unspecified atom stereocenters. The summed E-state index contributed by atoms with van der Waals surface area (Å²) in [5, 5.41) is 2.82. The van der Waals surface area contributed by atoms with Gasteiger partial charge in [-0.15, -0.1) is 0 Å². The second-order valence-corrected chi connectivity index (χ2v) is 9.12. The molecule has 0 spiro atoms. The summed E-state index contributed by atoms with van der Waals surface area (Å²) in [5.74, 6) is -2.45. The fraction of sp³-hybridized carbons (Fsp3) is 0.174. The smallest absolute Gasteiger partial charge is 0.266 e. The lowest BCUT2D eigenvalue weighted by molar-refractivity contribution is 0.410. The molecule has 1 atom stereocenters. The third-order valence-corrected chi connectivity index (χ3v) is 6.72. The second-order valence-electron chi connectivity index (χ2n) is 7.47. The molecule has 4 rings (SSSR count). The number of anilines is 1. The summed E-state index contributed by atoms with van der Waals surface area (Å²) in [4.78, 5) is 3.98. The summed E-state index contributed by atoms with van der Waals surface area (Å²) in [5.41, 5.74) is 0.621. The number of nitrogens with zero attached hydrogens (tertiary/aromatic N) is 1. The van der Waals surface area contributed by atoms with Crippen molar-refractivity contribution in [1.82, 2.24) is 4.72 Å². The van der Waals surface area contributed by atoms with Gasteiger partial charge in [-0.25, -0.2) is 31.3 Å². The van der Waals surface area contributed by atoms with E-state index in [1.807, 2.05) is 0 Å². The molecular weight excluding hydrogens is 455 g/mol. The van der Waals surface area contributed by atoms with Crippen molar-refractivity contribution in [2.75, 3.05) is 12.4 Å². The number of halogens is 3. The number of hydrogen-bond acceptors (Lipinski definition) is 4. The van der Waals surface area contributed by atoms with E-state index in [0.717, 1.165) is 12.1 Å². The van der Waals surface area contributed by atoms with E-state index in [-0.39, 0.29) is 34.2 Å². The highest BCUT2D eigenvalue weighted by molar-refractivity contribution is 7.90. The number of benzene rings is 3. The Morgan fingerprint density at radius 3 is 2.52 bits per heavy atom. The van der Waals surface area contributed by atoms with Crippen LogP contribution in [0, 0.1) is 17.5 Å². The Kier molecular flexibility index (Phi) is 6.03. The van der Waals surface area contributed by atoms with Gasteiger partial charge in [-0.05, 0) is 41.5 Å². The molecule has 0 aromatic heterocycles. The van der Waals surface area contributed by atoms with Crippen LogP contribution in [0.5, 0.6) is 5.75 Å². The summed E-state index contributed by atoms with van der Waals surface area (Å²) >= 11 is 0. The molecule has 3 aromatic rings. The number of rotatable bonds is 5. The largest absolute Gasteiger partial charge is 0.497 e. The predicted octanol–water partition coefficient (Wildman–Crippen LogP) is 4.52. The van der Waals surface area contributed by atoms with Crippen LogP contribution in [0.1, 0.15) is 29.5 Å². The molecule has 0 saturated carbocycles. The minimum Gasteiger partial charge on any atom is -0.497 e. The SMILES string of the molecule is COc1ccc(C(C)c2c(F)ccc3c2NC(=NCc2cccc(F)c2)NS3(=O)=O)c(F)c1. The summed E-state index contributed by atoms with van der Waals surface area (Å²) in [6.07, 6.45) is 0. The molecule has 33 heavy (non-hydrogen) atoms. The van der Waals surface area contributed by atoms with Gasteiger partial charge in [0.05, 0.1) is 19.3 Å². The van der Waals surface area contributed by atoms with Crippen LogP contribution in [0.3, 0.4) is 0 Å². The third kappa shape index (κ3) is 4.51. The average molecular weight is 475 g/mol. The van der Waals surface area contributed by atoms with E-state index in [2.05, 4.69) is 15.0 Å². The van der Waals surface area contributed by atoms with Crippen LogP contribution in [0.25, 0.3) is 0 Å².